The second kappa shape index (κ2) is 6.79. The fraction of sp³-hybridized carbons (Fsp3) is 0.238. The fourth-order valence-corrected chi connectivity index (χ4v) is 2.85. The van der Waals surface area contributed by atoms with Gasteiger partial charge in [0.05, 0.1) is 18.5 Å². The zero-order valence-corrected chi connectivity index (χ0v) is 15.3. The summed E-state index contributed by atoms with van der Waals surface area (Å²) in [5.41, 5.74) is 1.88. The van der Waals surface area contributed by atoms with Crippen LogP contribution >= 0.6 is 0 Å². The SMILES string of the molecule is COc1ccc(-n2nc(C3(C)CC3)cc2NC(=O)Oc2ccccc2)cc1. The molecule has 0 unspecified atom stereocenters. The van der Waals surface area contributed by atoms with Gasteiger partial charge in [-0.1, -0.05) is 25.1 Å². The van der Waals surface area contributed by atoms with Crippen LogP contribution in [0, 0.1) is 0 Å². The number of nitrogens with zero attached hydrogens (tertiary/aromatic N) is 2. The van der Waals surface area contributed by atoms with Gasteiger partial charge in [-0.3, -0.25) is 5.32 Å². The number of hydrogen-bond donors (Lipinski definition) is 1. The van der Waals surface area contributed by atoms with Crippen molar-refractivity contribution >= 4 is 11.9 Å². The first-order chi connectivity index (χ1) is 13.1. The molecule has 0 aliphatic heterocycles. The number of amides is 1. The van der Waals surface area contributed by atoms with Gasteiger partial charge in [0.25, 0.3) is 0 Å². The topological polar surface area (TPSA) is 65.4 Å². The van der Waals surface area contributed by atoms with Crippen molar-refractivity contribution in [2.45, 2.75) is 25.2 Å². The molecule has 1 amide bonds. The molecule has 27 heavy (non-hydrogen) atoms. The first kappa shape index (κ1) is 17.1. The molecule has 1 aromatic heterocycles. The lowest BCUT2D eigenvalue weighted by molar-refractivity contribution is 0.215. The second-order valence-corrected chi connectivity index (χ2v) is 6.91. The molecule has 1 aliphatic rings. The number of hydrogen-bond acceptors (Lipinski definition) is 4. The standard InChI is InChI=1S/C21H21N3O3/c1-21(12-13-21)18-14-19(22-20(25)27-17-6-4-3-5-7-17)24(23-18)15-8-10-16(26-2)11-9-15/h3-11,14H,12-13H2,1-2H3,(H,22,25). The predicted molar refractivity (Wildman–Crippen MR) is 103 cm³/mol. The molecular formula is C21H21N3O3. The first-order valence-corrected chi connectivity index (χ1v) is 8.86. The van der Waals surface area contributed by atoms with Crippen molar-refractivity contribution in [3.05, 3.63) is 66.4 Å². The van der Waals surface area contributed by atoms with E-state index in [2.05, 4.69) is 12.2 Å². The van der Waals surface area contributed by atoms with Crippen LogP contribution in [0.15, 0.2) is 60.7 Å². The van der Waals surface area contributed by atoms with Crippen LogP contribution in [0.25, 0.3) is 5.69 Å². The van der Waals surface area contributed by atoms with E-state index in [1.54, 1.807) is 23.9 Å². The van der Waals surface area contributed by atoms with Gasteiger partial charge in [0.15, 0.2) is 0 Å². The maximum atomic E-state index is 12.3. The van der Waals surface area contributed by atoms with Crippen LogP contribution in [0.4, 0.5) is 10.6 Å². The van der Waals surface area contributed by atoms with E-state index in [1.807, 2.05) is 48.5 Å². The van der Waals surface area contributed by atoms with Crippen molar-refractivity contribution in [3.8, 4) is 17.2 Å². The molecule has 6 nitrogen and oxygen atoms in total. The van der Waals surface area contributed by atoms with Crippen molar-refractivity contribution < 1.29 is 14.3 Å². The summed E-state index contributed by atoms with van der Waals surface area (Å²) in [7, 11) is 1.63. The average molecular weight is 363 g/mol. The Kier molecular flexibility index (Phi) is 4.32. The predicted octanol–water partition coefficient (Wildman–Crippen LogP) is 4.54. The lowest BCUT2D eigenvalue weighted by Crippen LogP contribution is -2.19. The number of carbonyl (C=O) groups excluding carboxylic acids is 1. The lowest BCUT2D eigenvalue weighted by Gasteiger charge is -2.10. The second-order valence-electron chi connectivity index (χ2n) is 6.91. The van der Waals surface area contributed by atoms with E-state index < -0.39 is 6.09 Å². The molecule has 0 atom stereocenters. The third-order valence-corrected chi connectivity index (χ3v) is 4.83. The van der Waals surface area contributed by atoms with Crippen molar-refractivity contribution in [1.82, 2.24) is 9.78 Å². The minimum atomic E-state index is -0.552. The van der Waals surface area contributed by atoms with Crippen LogP contribution in [0.2, 0.25) is 0 Å². The molecule has 3 aromatic rings. The van der Waals surface area contributed by atoms with Gasteiger partial charge in [0.2, 0.25) is 0 Å². The Morgan fingerprint density at radius 1 is 1.07 bits per heavy atom. The van der Waals surface area contributed by atoms with Gasteiger partial charge in [-0.25, -0.2) is 9.48 Å². The van der Waals surface area contributed by atoms with E-state index in [4.69, 9.17) is 14.6 Å². The zero-order chi connectivity index (χ0) is 18.9. The Hall–Kier alpha value is -3.28. The van der Waals surface area contributed by atoms with Crippen molar-refractivity contribution in [1.29, 1.82) is 0 Å². The Labute approximate surface area is 157 Å². The molecule has 138 valence electrons. The molecule has 1 aliphatic carbocycles. The summed E-state index contributed by atoms with van der Waals surface area (Å²) in [6, 6.07) is 18.4. The molecule has 1 heterocycles. The molecular weight excluding hydrogens is 342 g/mol. The normalized spacial score (nSPS) is 14.4. The molecule has 0 bridgehead atoms. The Balaban J connectivity index is 1.62. The number of carbonyl (C=O) groups is 1. The van der Waals surface area contributed by atoms with Gasteiger partial charge < -0.3 is 9.47 Å². The summed E-state index contributed by atoms with van der Waals surface area (Å²) in [5, 5.41) is 7.55. The van der Waals surface area contributed by atoms with Crippen molar-refractivity contribution in [2.75, 3.05) is 12.4 Å². The molecule has 0 saturated heterocycles. The van der Waals surface area contributed by atoms with Gasteiger partial charge in [-0.2, -0.15) is 5.10 Å². The molecule has 1 fully saturated rings. The van der Waals surface area contributed by atoms with Crippen molar-refractivity contribution in [3.63, 3.8) is 0 Å². The quantitative estimate of drug-likeness (QED) is 0.723. The van der Waals surface area contributed by atoms with E-state index in [0.29, 0.717) is 11.6 Å². The smallest absolute Gasteiger partial charge is 0.418 e. The maximum Gasteiger partial charge on any atom is 0.418 e. The summed E-state index contributed by atoms with van der Waals surface area (Å²) >= 11 is 0. The minimum Gasteiger partial charge on any atom is -0.497 e. The van der Waals surface area contributed by atoms with E-state index in [-0.39, 0.29) is 5.41 Å². The lowest BCUT2D eigenvalue weighted by atomic mass is 10.1. The monoisotopic (exact) mass is 363 g/mol. The number of ether oxygens (including phenoxy) is 2. The Bertz CT molecular complexity index is 945. The Morgan fingerprint density at radius 2 is 1.78 bits per heavy atom. The molecule has 4 rings (SSSR count). The summed E-state index contributed by atoms with van der Waals surface area (Å²) in [6.45, 7) is 2.18. The summed E-state index contributed by atoms with van der Waals surface area (Å²) in [5.74, 6) is 1.82. The number of methoxy groups -OCH3 is 1. The van der Waals surface area contributed by atoms with Crippen LogP contribution in [-0.2, 0) is 5.41 Å². The maximum absolute atomic E-state index is 12.3. The summed E-state index contributed by atoms with van der Waals surface area (Å²) in [6.07, 6.45) is 1.64. The highest BCUT2D eigenvalue weighted by molar-refractivity contribution is 5.85. The van der Waals surface area contributed by atoms with Crippen LogP contribution in [-0.4, -0.2) is 23.0 Å². The number of para-hydroxylation sites is 1. The largest absolute Gasteiger partial charge is 0.497 e. The highest BCUT2D eigenvalue weighted by Gasteiger charge is 2.42. The summed E-state index contributed by atoms with van der Waals surface area (Å²) < 4.78 is 12.3. The summed E-state index contributed by atoms with van der Waals surface area (Å²) in [4.78, 5) is 12.3. The zero-order valence-electron chi connectivity index (χ0n) is 15.3. The van der Waals surface area contributed by atoms with Crippen molar-refractivity contribution in [2.24, 2.45) is 0 Å². The van der Waals surface area contributed by atoms with Crippen LogP contribution in [0.1, 0.15) is 25.5 Å². The number of nitrogens with one attached hydrogen (secondary N) is 1. The molecule has 6 heteroatoms. The average Bonchev–Trinajstić information content (AvgIpc) is 3.30. The fourth-order valence-electron chi connectivity index (χ4n) is 2.85. The first-order valence-electron chi connectivity index (χ1n) is 8.86. The molecule has 0 spiro atoms. The van der Waals surface area contributed by atoms with E-state index in [9.17, 15) is 4.79 Å². The van der Waals surface area contributed by atoms with E-state index >= 15 is 0 Å². The van der Waals surface area contributed by atoms with Gasteiger partial charge in [-0.15, -0.1) is 0 Å². The number of aromatic nitrogens is 2. The van der Waals surface area contributed by atoms with Crippen LogP contribution < -0.4 is 14.8 Å². The molecule has 1 saturated carbocycles. The Morgan fingerprint density at radius 3 is 2.41 bits per heavy atom. The van der Waals surface area contributed by atoms with E-state index in [0.717, 1.165) is 30.0 Å². The molecule has 2 aromatic carbocycles. The number of benzene rings is 2. The van der Waals surface area contributed by atoms with Gasteiger partial charge >= 0.3 is 6.09 Å². The third-order valence-electron chi connectivity index (χ3n) is 4.83. The highest BCUT2D eigenvalue weighted by atomic mass is 16.6. The van der Waals surface area contributed by atoms with Gasteiger partial charge in [0, 0.05) is 11.5 Å². The number of anilines is 1. The van der Waals surface area contributed by atoms with Gasteiger partial charge in [0.1, 0.15) is 17.3 Å². The van der Waals surface area contributed by atoms with Crippen LogP contribution in [0.3, 0.4) is 0 Å². The minimum absolute atomic E-state index is 0.0808. The highest BCUT2D eigenvalue weighted by Crippen LogP contribution is 2.47. The van der Waals surface area contributed by atoms with Gasteiger partial charge in [-0.05, 0) is 49.2 Å². The molecule has 0 radical (unpaired) electrons. The van der Waals surface area contributed by atoms with Crippen LogP contribution in [0.5, 0.6) is 11.5 Å². The molecule has 1 N–H and O–H groups in total. The van der Waals surface area contributed by atoms with E-state index in [1.165, 1.54) is 0 Å². The number of rotatable bonds is 5. The third kappa shape index (κ3) is 3.65.